The fourth-order valence-corrected chi connectivity index (χ4v) is 12.4. The predicted octanol–water partition coefficient (Wildman–Crippen LogP) is 14.5. The summed E-state index contributed by atoms with van der Waals surface area (Å²) in [5, 5.41) is 0. The lowest BCUT2D eigenvalue weighted by Crippen LogP contribution is -2.56. The molecule has 55 heavy (non-hydrogen) atoms. The second-order valence-corrected chi connectivity index (χ2v) is 18.6. The van der Waals surface area contributed by atoms with Crippen LogP contribution in [-0.4, -0.2) is 0 Å². The topological polar surface area (TPSA) is 3.24 Å². The minimum atomic E-state index is -0.0847. The number of hydrogen-bond donors (Lipinski definition) is 0. The van der Waals surface area contributed by atoms with Gasteiger partial charge < -0.3 is 4.90 Å². The van der Waals surface area contributed by atoms with Crippen LogP contribution in [0.4, 0.5) is 17.1 Å². The molecule has 0 amide bonds. The molecule has 2 fully saturated rings. The van der Waals surface area contributed by atoms with E-state index in [0.717, 1.165) is 11.8 Å². The van der Waals surface area contributed by atoms with Crippen LogP contribution in [-0.2, 0) is 16.2 Å². The molecule has 0 aromatic heterocycles. The van der Waals surface area contributed by atoms with E-state index in [-0.39, 0.29) is 16.2 Å². The molecule has 2 saturated carbocycles. The average molecular weight is 718 g/mol. The Hall–Kier alpha value is -4.88. The van der Waals surface area contributed by atoms with Crippen LogP contribution in [0.25, 0.3) is 22.3 Å². The van der Waals surface area contributed by atoms with E-state index in [1.807, 2.05) is 0 Å². The van der Waals surface area contributed by atoms with Gasteiger partial charge in [-0.05, 0) is 141 Å². The van der Waals surface area contributed by atoms with Crippen LogP contribution in [0.1, 0.15) is 107 Å². The van der Waals surface area contributed by atoms with E-state index in [1.54, 1.807) is 16.7 Å². The van der Waals surface area contributed by atoms with E-state index >= 15 is 0 Å². The molecule has 2 bridgehead atoms. The summed E-state index contributed by atoms with van der Waals surface area (Å²) in [6.45, 7) is 14.7. The largest absolute Gasteiger partial charge is 0.310 e. The number of anilines is 3. The minimum Gasteiger partial charge on any atom is -0.310 e. The highest BCUT2D eigenvalue weighted by Gasteiger charge is 2.59. The third kappa shape index (κ3) is 5.04. The molecule has 0 heterocycles. The molecule has 5 atom stereocenters. The second-order valence-electron chi connectivity index (χ2n) is 18.6. The maximum absolute atomic E-state index is 2.68. The number of hydrogen-bond acceptors (Lipinski definition) is 1. The molecule has 4 aliphatic rings. The van der Waals surface area contributed by atoms with Crippen molar-refractivity contribution in [1.29, 1.82) is 0 Å². The van der Waals surface area contributed by atoms with Crippen molar-refractivity contribution in [2.75, 3.05) is 4.90 Å². The van der Waals surface area contributed by atoms with Gasteiger partial charge in [-0.1, -0.05) is 151 Å². The summed E-state index contributed by atoms with van der Waals surface area (Å²) < 4.78 is 0. The molecule has 10 rings (SSSR count). The fraction of sp³-hybridized carbons (Fsp3) is 0.333. The van der Waals surface area contributed by atoms with Crippen molar-refractivity contribution in [1.82, 2.24) is 0 Å². The van der Waals surface area contributed by atoms with Gasteiger partial charge in [-0.3, -0.25) is 0 Å². The molecule has 0 saturated heterocycles. The van der Waals surface area contributed by atoms with Crippen molar-refractivity contribution in [2.24, 2.45) is 23.7 Å². The summed E-state index contributed by atoms with van der Waals surface area (Å²) in [4.78, 5) is 2.57. The maximum atomic E-state index is 2.68. The van der Waals surface area contributed by atoms with Gasteiger partial charge in [-0.25, -0.2) is 0 Å². The smallest absolute Gasteiger partial charge is 0.0467 e. The Morgan fingerprint density at radius 1 is 0.473 bits per heavy atom. The minimum absolute atomic E-state index is 0.0226. The molecular formula is C54H55N. The SMILES string of the molecule is CCC1C[C@H]2CC(C)C[C@@H](C1)C21c2ccccc2C(C)(C)c2ccc(N(c3cccc(-c4ccccc4)c3)c3ccc4c(c3)C(C)(C)c3ccccc3-4)cc21. The average Bonchev–Trinajstić information content (AvgIpc) is 3.43. The molecule has 1 nitrogen and oxygen atoms in total. The van der Waals surface area contributed by atoms with Crippen LogP contribution in [0, 0.1) is 23.7 Å². The molecule has 0 radical (unpaired) electrons. The predicted molar refractivity (Wildman–Crippen MR) is 232 cm³/mol. The fourth-order valence-electron chi connectivity index (χ4n) is 12.4. The molecule has 276 valence electrons. The van der Waals surface area contributed by atoms with Crippen LogP contribution in [0.5, 0.6) is 0 Å². The van der Waals surface area contributed by atoms with E-state index in [9.17, 15) is 0 Å². The Morgan fingerprint density at radius 3 is 1.75 bits per heavy atom. The Labute approximate surface area is 329 Å². The van der Waals surface area contributed by atoms with E-state index in [2.05, 4.69) is 186 Å². The Morgan fingerprint density at radius 2 is 1.02 bits per heavy atom. The molecule has 6 aromatic rings. The monoisotopic (exact) mass is 717 g/mol. The summed E-state index contributed by atoms with van der Waals surface area (Å²) >= 11 is 0. The van der Waals surface area contributed by atoms with Crippen molar-refractivity contribution < 1.29 is 0 Å². The van der Waals surface area contributed by atoms with Gasteiger partial charge in [0.05, 0.1) is 0 Å². The van der Waals surface area contributed by atoms with Crippen molar-refractivity contribution in [3.63, 3.8) is 0 Å². The summed E-state index contributed by atoms with van der Waals surface area (Å²) in [5.41, 5.74) is 17.9. The highest BCUT2D eigenvalue weighted by molar-refractivity contribution is 5.87. The first-order valence-corrected chi connectivity index (χ1v) is 21.1. The Bertz CT molecular complexity index is 2410. The normalized spacial score (nSPS) is 25.1. The standard InChI is InChI=1S/C54H55N/c1-7-36-30-39-28-35(2)29-40(31-36)54(39)49-23-14-13-22-47(49)53(5,6)48-27-25-43(34-51(48)54)55(41-19-15-18-38(32-41)37-16-9-8-10-17-37)42-24-26-45-44-20-11-12-21-46(44)52(3,4)50(45)33-42/h8-27,32-36,39-40H,7,28-31H2,1-6H3/t35?,36?,39-,40+,54?. The summed E-state index contributed by atoms with van der Waals surface area (Å²) in [6, 6.07) is 53.6. The third-order valence-electron chi connectivity index (χ3n) is 14.9. The molecular weight excluding hydrogens is 663 g/mol. The first kappa shape index (κ1) is 34.6. The van der Waals surface area contributed by atoms with Crippen LogP contribution < -0.4 is 4.90 Å². The molecule has 0 aliphatic heterocycles. The van der Waals surface area contributed by atoms with Crippen LogP contribution >= 0.6 is 0 Å². The molecule has 3 unspecified atom stereocenters. The van der Waals surface area contributed by atoms with E-state index in [4.69, 9.17) is 0 Å². The summed E-state index contributed by atoms with van der Waals surface area (Å²) in [6.07, 6.45) is 6.59. The lowest BCUT2D eigenvalue weighted by atomic mass is 9.42. The van der Waals surface area contributed by atoms with Crippen LogP contribution in [0.3, 0.4) is 0 Å². The van der Waals surface area contributed by atoms with Gasteiger partial charge in [0.1, 0.15) is 0 Å². The summed E-state index contributed by atoms with van der Waals surface area (Å²) in [5.74, 6) is 2.86. The van der Waals surface area contributed by atoms with Gasteiger partial charge in [0.25, 0.3) is 0 Å². The number of fused-ring (bicyclic) bond motifs is 5. The van der Waals surface area contributed by atoms with Gasteiger partial charge in [0.15, 0.2) is 0 Å². The van der Waals surface area contributed by atoms with Gasteiger partial charge >= 0.3 is 0 Å². The molecule has 0 N–H and O–H groups in total. The number of rotatable bonds is 5. The third-order valence-corrected chi connectivity index (χ3v) is 14.9. The van der Waals surface area contributed by atoms with Crippen molar-refractivity contribution >= 4 is 17.1 Å². The van der Waals surface area contributed by atoms with Crippen molar-refractivity contribution in [3.8, 4) is 22.3 Å². The first-order chi connectivity index (χ1) is 26.6. The quantitative estimate of drug-likeness (QED) is 0.172. The molecule has 6 aromatic carbocycles. The molecule has 4 aliphatic carbocycles. The van der Waals surface area contributed by atoms with E-state index < -0.39 is 0 Å². The zero-order valence-corrected chi connectivity index (χ0v) is 33.6. The van der Waals surface area contributed by atoms with Gasteiger partial charge in [-0.2, -0.15) is 0 Å². The van der Waals surface area contributed by atoms with Crippen molar-refractivity contribution in [3.05, 3.63) is 173 Å². The van der Waals surface area contributed by atoms with Gasteiger partial charge in [0, 0.05) is 33.3 Å². The van der Waals surface area contributed by atoms with Gasteiger partial charge in [0.2, 0.25) is 0 Å². The lowest BCUT2D eigenvalue weighted by Gasteiger charge is -2.61. The van der Waals surface area contributed by atoms with Crippen molar-refractivity contribution in [2.45, 2.75) is 89.9 Å². The number of nitrogens with zero attached hydrogens (tertiary/aromatic N) is 1. The first-order valence-electron chi connectivity index (χ1n) is 21.1. The van der Waals surface area contributed by atoms with E-state index in [1.165, 1.54) is 88.1 Å². The molecule has 1 heteroatoms. The number of benzene rings is 6. The Balaban J connectivity index is 1.22. The van der Waals surface area contributed by atoms with E-state index in [0.29, 0.717) is 11.8 Å². The zero-order chi connectivity index (χ0) is 37.7. The lowest BCUT2D eigenvalue weighted by molar-refractivity contribution is 0.0175. The van der Waals surface area contributed by atoms with Crippen LogP contribution in [0.2, 0.25) is 0 Å². The highest BCUT2D eigenvalue weighted by atomic mass is 15.1. The maximum Gasteiger partial charge on any atom is 0.0467 e. The zero-order valence-electron chi connectivity index (χ0n) is 33.6. The Kier molecular flexibility index (Phi) is 7.91. The van der Waals surface area contributed by atoms with Gasteiger partial charge in [-0.15, -0.1) is 0 Å². The summed E-state index contributed by atoms with van der Waals surface area (Å²) in [7, 11) is 0. The highest BCUT2D eigenvalue weighted by Crippen LogP contribution is 2.66. The molecule has 1 spiro atoms. The van der Waals surface area contributed by atoms with Crippen LogP contribution in [0.15, 0.2) is 140 Å². The second kappa shape index (κ2) is 12.6.